The first-order chi connectivity index (χ1) is 12.4. The number of nitrogens with zero attached hydrogens (tertiary/aromatic N) is 3. The first-order valence-corrected chi connectivity index (χ1v) is 8.06. The number of rotatable bonds is 4. The Morgan fingerprint density at radius 2 is 1.81 bits per heavy atom. The van der Waals surface area contributed by atoms with Crippen LogP contribution in [-0.2, 0) is 0 Å². The van der Waals surface area contributed by atoms with Crippen molar-refractivity contribution in [2.75, 3.05) is 5.32 Å². The van der Waals surface area contributed by atoms with Crippen LogP contribution in [0.5, 0.6) is 0 Å². The van der Waals surface area contributed by atoms with Crippen molar-refractivity contribution in [2.45, 2.75) is 20.8 Å². The molecule has 0 saturated heterocycles. The summed E-state index contributed by atoms with van der Waals surface area (Å²) in [6.07, 6.45) is 0. The lowest BCUT2D eigenvalue weighted by Gasteiger charge is -2.10. The summed E-state index contributed by atoms with van der Waals surface area (Å²) in [6.45, 7) is 5.41. The minimum absolute atomic E-state index is 0.0179. The van der Waals surface area contributed by atoms with Crippen molar-refractivity contribution in [3.05, 3.63) is 81.0 Å². The highest BCUT2D eigenvalue weighted by molar-refractivity contribution is 6.07. The molecule has 0 aliphatic rings. The van der Waals surface area contributed by atoms with Crippen LogP contribution in [0.25, 0.3) is 5.69 Å². The molecule has 3 rings (SSSR count). The number of aryl methyl sites for hydroxylation is 3. The van der Waals surface area contributed by atoms with E-state index in [1.165, 1.54) is 6.07 Å². The minimum Gasteiger partial charge on any atom is -0.306 e. The number of nitro groups is 1. The molecule has 0 aliphatic carbocycles. The summed E-state index contributed by atoms with van der Waals surface area (Å²) >= 11 is 0. The predicted octanol–water partition coefficient (Wildman–Crippen LogP) is 3.96. The highest BCUT2D eigenvalue weighted by atomic mass is 16.6. The Bertz CT molecular complexity index is 991. The van der Waals surface area contributed by atoms with E-state index >= 15 is 0 Å². The molecule has 0 saturated carbocycles. The lowest BCUT2D eigenvalue weighted by atomic mass is 10.1. The molecule has 0 spiro atoms. The van der Waals surface area contributed by atoms with Gasteiger partial charge >= 0.3 is 0 Å². The maximum absolute atomic E-state index is 12.7. The van der Waals surface area contributed by atoms with E-state index in [-0.39, 0.29) is 11.3 Å². The van der Waals surface area contributed by atoms with Crippen LogP contribution in [0.3, 0.4) is 0 Å². The van der Waals surface area contributed by atoms with Crippen LogP contribution in [0, 0.1) is 30.9 Å². The molecule has 0 fully saturated rings. The zero-order valence-corrected chi connectivity index (χ0v) is 14.7. The molecule has 0 unspecified atom stereocenters. The van der Waals surface area contributed by atoms with Crippen LogP contribution in [0.4, 0.5) is 11.5 Å². The first kappa shape index (κ1) is 17.3. The average Bonchev–Trinajstić information content (AvgIpc) is 2.95. The molecule has 1 heterocycles. The molecule has 3 aromatic rings. The van der Waals surface area contributed by atoms with Crippen LogP contribution in [0.15, 0.2) is 48.5 Å². The number of nitro benzene ring substituents is 1. The quantitative estimate of drug-likeness (QED) is 0.570. The number of amides is 1. The third-order valence-electron chi connectivity index (χ3n) is 4.02. The van der Waals surface area contributed by atoms with Gasteiger partial charge in [0.15, 0.2) is 0 Å². The Hall–Kier alpha value is -3.48. The van der Waals surface area contributed by atoms with Gasteiger partial charge < -0.3 is 5.32 Å². The zero-order chi connectivity index (χ0) is 18.8. The molecule has 0 aliphatic heterocycles. The van der Waals surface area contributed by atoms with Gasteiger partial charge in [0.2, 0.25) is 0 Å². The summed E-state index contributed by atoms with van der Waals surface area (Å²) in [5, 5.41) is 18.5. The fourth-order valence-corrected chi connectivity index (χ4v) is 2.74. The van der Waals surface area contributed by atoms with Gasteiger partial charge in [-0.1, -0.05) is 29.8 Å². The third kappa shape index (κ3) is 3.32. The summed E-state index contributed by atoms with van der Waals surface area (Å²) in [6, 6.07) is 14.1. The fourth-order valence-electron chi connectivity index (χ4n) is 2.74. The fraction of sp³-hybridized carbons (Fsp3) is 0.158. The summed E-state index contributed by atoms with van der Waals surface area (Å²) in [4.78, 5) is 23.5. The maximum atomic E-state index is 12.7. The van der Waals surface area contributed by atoms with Crippen molar-refractivity contribution in [3.63, 3.8) is 0 Å². The number of para-hydroxylation sites is 1. The standard InChI is InChI=1S/C19H18N4O3/c1-12-7-9-15(10-8-12)22-17(11-14(3)21-22)20-19(24)16-6-4-5-13(2)18(16)23(25)26/h4-11H,1-3H3,(H,20,24). The summed E-state index contributed by atoms with van der Waals surface area (Å²) in [5.74, 6) is -0.0965. The SMILES string of the molecule is Cc1ccc(-n2nc(C)cc2NC(=O)c2cccc(C)c2[N+](=O)[O-])cc1. The molecule has 2 aromatic carbocycles. The molecule has 7 heteroatoms. The van der Waals surface area contributed by atoms with E-state index in [0.29, 0.717) is 11.4 Å². The Morgan fingerprint density at radius 3 is 2.46 bits per heavy atom. The molecule has 0 radical (unpaired) electrons. The lowest BCUT2D eigenvalue weighted by Crippen LogP contribution is -2.17. The molecule has 0 bridgehead atoms. The second-order valence-electron chi connectivity index (χ2n) is 6.10. The lowest BCUT2D eigenvalue weighted by molar-refractivity contribution is -0.385. The van der Waals surface area contributed by atoms with Gasteiger partial charge in [0.05, 0.1) is 16.3 Å². The normalized spacial score (nSPS) is 10.6. The number of hydrogen-bond donors (Lipinski definition) is 1. The van der Waals surface area contributed by atoms with Crippen LogP contribution < -0.4 is 5.32 Å². The van der Waals surface area contributed by atoms with Crippen molar-refractivity contribution in [2.24, 2.45) is 0 Å². The zero-order valence-electron chi connectivity index (χ0n) is 14.7. The van der Waals surface area contributed by atoms with Gasteiger partial charge in [-0.2, -0.15) is 5.10 Å². The molecule has 132 valence electrons. The second-order valence-corrected chi connectivity index (χ2v) is 6.10. The van der Waals surface area contributed by atoms with Gasteiger partial charge in [0.1, 0.15) is 11.4 Å². The third-order valence-corrected chi connectivity index (χ3v) is 4.02. The van der Waals surface area contributed by atoms with Crippen molar-refractivity contribution >= 4 is 17.4 Å². The highest BCUT2D eigenvalue weighted by Gasteiger charge is 2.23. The van der Waals surface area contributed by atoms with E-state index in [0.717, 1.165) is 16.9 Å². The van der Waals surface area contributed by atoms with E-state index in [4.69, 9.17) is 0 Å². The van der Waals surface area contributed by atoms with Crippen molar-refractivity contribution in [1.29, 1.82) is 0 Å². The minimum atomic E-state index is -0.548. The number of carbonyl (C=O) groups excluding carboxylic acids is 1. The van der Waals surface area contributed by atoms with Crippen molar-refractivity contribution in [3.8, 4) is 5.69 Å². The van der Waals surface area contributed by atoms with Gasteiger partial charge in [-0.05, 0) is 39.0 Å². The van der Waals surface area contributed by atoms with Gasteiger partial charge in [-0.25, -0.2) is 4.68 Å². The molecule has 0 atom stereocenters. The molecule has 1 aromatic heterocycles. The Morgan fingerprint density at radius 1 is 1.12 bits per heavy atom. The van der Waals surface area contributed by atoms with Crippen LogP contribution >= 0.6 is 0 Å². The number of anilines is 1. The van der Waals surface area contributed by atoms with E-state index in [1.54, 1.807) is 29.8 Å². The van der Waals surface area contributed by atoms with Gasteiger partial charge in [-0.15, -0.1) is 0 Å². The predicted molar refractivity (Wildman–Crippen MR) is 98.8 cm³/mol. The van der Waals surface area contributed by atoms with Crippen molar-refractivity contribution < 1.29 is 9.72 Å². The topological polar surface area (TPSA) is 90.1 Å². The molecular weight excluding hydrogens is 332 g/mol. The molecule has 1 amide bonds. The van der Waals surface area contributed by atoms with Gasteiger partial charge in [-0.3, -0.25) is 14.9 Å². The Kier molecular flexibility index (Phi) is 4.53. The van der Waals surface area contributed by atoms with E-state index in [2.05, 4.69) is 10.4 Å². The summed E-state index contributed by atoms with van der Waals surface area (Å²) < 4.78 is 1.61. The smallest absolute Gasteiger partial charge is 0.285 e. The van der Waals surface area contributed by atoms with Crippen LogP contribution in [-0.4, -0.2) is 20.6 Å². The van der Waals surface area contributed by atoms with Crippen LogP contribution in [0.1, 0.15) is 27.2 Å². The number of carbonyl (C=O) groups is 1. The second kappa shape index (κ2) is 6.79. The number of aromatic nitrogens is 2. The van der Waals surface area contributed by atoms with Gasteiger partial charge in [0.25, 0.3) is 11.6 Å². The average molecular weight is 350 g/mol. The van der Waals surface area contributed by atoms with E-state index in [1.807, 2.05) is 38.1 Å². The first-order valence-electron chi connectivity index (χ1n) is 8.06. The monoisotopic (exact) mass is 350 g/mol. The largest absolute Gasteiger partial charge is 0.306 e. The van der Waals surface area contributed by atoms with E-state index in [9.17, 15) is 14.9 Å². The van der Waals surface area contributed by atoms with Crippen LogP contribution in [0.2, 0.25) is 0 Å². The molecule has 7 nitrogen and oxygen atoms in total. The Labute approximate surface area is 150 Å². The molecular formula is C19H18N4O3. The van der Waals surface area contributed by atoms with Gasteiger partial charge in [0, 0.05) is 11.6 Å². The summed E-state index contributed by atoms with van der Waals surface area (Å²) in [7, 11) is 0. The highest BCUT2D eigenvalue weighted by Crippen LogP contribution is 2.25. The number of nitrogens with one attached hydrogen (secondary N) is 1. The van der Waals surface area contributed by atoms with Crippen molar-refractivity contribution in [1.82, 2.24) is 9.78 Å². The van der Waals surface area contributed by atoms with E-state index < -0.39 is 10.8 Å². The number of hydrogen-bond acceptors (Lipinski definition) is 4. The Balaban J connectivity index is 1.98. The molecule has 26 heavy (non-hydrogen) atoms. The number of benzene rings is 2. The molecule has 1 N–H and O–H groups in total. The maximum Gasteiger partial charge on any atom is 0.285 e. The summed E-state index contributed by atoms with van der Waals surface area (Å²) in [5.41, 5.74) is 2.88.